The number of hydrogen-bond donors (Lipinski definition) is 2. The maximum atomic E-state index is 12.0. The molecule has 0 aliphatic carbocycles. The number of benzene rings is 1. The summed E-state index contributed by atoms with van der Waals surface area (Å²) in [6.07, 6.45) is -0.568. The standard InChI is InChI=1S/C13H15ClN2O4/c1-19-13(18)8-2-3-9(14)10(6-8)16-12(17)11-7-15-4-5-20-11/h2-3,6,11,15H,4-5,7H2,1H3,(H,16,17). The molecule has 1 saturated heterocycles. The van der Waals surface area contributed by atoms with E-state index in [1.807, 2.05) is 0 Å². The Morgan fingerprint density at radius 3 is 2.95 bits per heavy atom. The second kappa shape index (κ2) is 6.69. The number of halogens is 1. The Kier molecular flexibility index (Phi) is 4.94. The molecule has 108 valence electrons. The molecule has 1 heterocycles. The second-order valence-electron chi connectivity index (χ2n) is 4.24. The summed E-state index contributed by atoms with van der Waals surface area (Å²) in [5, 5.41) is 6.06. The minimum atomic E-state index is -0.568. The zero-order chi connectivity index (χ0) is 14.5. The Morgan fingerprint density at radius 1 is 1.50 bits per heavy atom. The Hall–Kier alpha value is -1.63. The van der Waals surface area contributed by atoms with E-state index in [-0.39, 0.29) is 5.91 Å². The van der Waals surface area contributed by atoms with Gasteiger partial charge in [-0.3, -0.25) is 4.79 Å². The number of hydrogen-bond acceptors (Lipinski definition) is 5. The molecule has 6 nitrogen and oxygen atoms in total. The summed E-state index contributed by atoms with van der Waals surface area (Å²) in [4.78, 5) is 23.5. The van der Waals surface area contributed by atoms with Crippen LogP contribution in [0.3, 0.4) is 0 Å². The van der Waals surface area contributed by atoms with Gasteiger partial charge in [-0.1, -0.05) is 11.6 Å². The lowest BCUT2D eigenvalue weighted by Gasteiger charge is -2.23. The summed E-state index contributed by atoms with van der Waals surface area (Å²) in [6, 6.07) is 4.54. The maximum absolute atomic E-state index is 12.0. The fraction of sp³-hybridized carbons (Fsp3) is 0.385. The first-order valence-corrected chi connectivity index (χ1v) is 6.50. The van der Waals surface area contributed by atoms with E-state index in [9.17, 15) is 9.59 Å². The van der Waals surface area contributed by atoms with Crippen LogP contribution in [-0.4, -0.2) is 44.8 Å². The van der Waals surface area contributed by atoms with Crippen molar-refractivity contribution >= 4 is 29.2 Å². The predicted molar refractivity (Wildman–Crippen MR) is 74.0 cm³/mol. The predicted octanol–water partition coefficient (Wildman–Crippen LogP) is 1.05. The second-order valence-corrected chi connectivity index (χ2v) is 4.65. The number of carbonyl (C=O) groups is 2. The van der Waals surface area contributed by atoms with Crippen molar-refractivity contribution in [1.29, 1.82) is 0 Å². The minimum Gasteiger partial charge on any atom is -0.465 e. The van der Waals surface area contributed by atoms with Crippen LogP contribution >= 0.6 is 11.6 Å². The molecular weight excluding hydrogens is 284 g/mol. The molecule has 1 atom stereocenters. The molecule has 0 bridgehead atoms. The Balaban J connectivity index is 2.11. The fourth-order valence-electron chi connectivity index (χ4n) is 1.81. The van der Waals surface area contributed by atoms with Crippen molar-refractivity contribution in [1.82, 2.24) is 5.32 Å². The fourth-order valence-corrected chi connectivity index (χ4v) is 1.98. The largest absolute Gasteiger partial charge is 0.465 e. The SMILES string of the molecule is COC(=O)c1ccc(Cl)c(NC(=O)C2CNCCO2)c1. The van der Waals surface area contributed by atoms with Gasteiger partial charge in [-0.05, 0) is 18.2 Å². The van der Waals surface area contributed by atoms with Crippen LogP contribution in [-0.2, 0) is 14.3 Å². The molecule has 2 N–H and O–H groups in total. The first-order chi connectivity index (χ1) is 9.61. The van der Waals surface area contributed by atoms with Crippen molar-refractivity contribution in [3.8, 4) is 0 Å². The summed E-state index contributed by atoms with van der Waals surface area (Å²) < 4.78 is 9.96. The normalized spacial score (nSPS) is 18.4. The zero-order valence-electron chi connectivity index (χ0n) is 10.9. The van der Waals surface area contributed by atoms with Gasteiger partial charge in [-0.2, -0.15) is 0 Å². The molecular formula is C13H15ClN2O4. The molecule has 1 aliphatic rings. The van der Waals surface area contributed by atoms with Crippen LogP contribution in [0.5, 0.6) is 0 Å². The molecule has 0 spiro atoms. The van der Waals surface area contributed by atoms with Gasteiger partial charge in [-0.15, -0.1) is 0 Å². The van der Waals surface area contributed by atoms with E-state index in [0.29, 0.717) is 29.4 Å². The van der Waals surface area contributed by atoms with Crippen LogP contribution in [0.15, 0.2) is 18.2 Å². The number of esters is 1. The van der Waals surface area contributed by atoms with Gasteiger partial charge < -0.3 is 20.1 Å². The molecule has 1 amide bonds. The van der Waals surface area contributed by atoms with Crippen LogP contribution in [0.2, 0.25) is 5.02 Å². The monoisotopic (exact) mass is 298 g/mol. The number of ether oxygens (including phenoxy) is 2. The van der Waals surface area contributed by atoms with E-state index in [2.05, 4.69) is 15.4 Å². The third kappa shape index (κ3) is 3.47. The third-order valence-corrected chi connectivity index (χ3v) is 3.19. The average Bonchev–Trinajstić information content (AvgIpc) is 2.49. The van der Waals surface area contributed by atoms with Gasteiger partial charge in [0, 0.05) is 13.1 Å². The maximum Gasteiger partial charge on any atom is 0.337 e. The van der Waals surface area contributed by atoms with E-state index in [4.69, 9.17) is 16.3 Å². The molecule has 1 aliphatic heterocycles. The summed E-state index contributed by atoms with van der Waals surface area (Å²) in [5.41, 5.74) is 0.670. The summed E-state index contributed by atoms with van der Waals surface area (Å²) in [7, 11) is 1.29. The average molecular weight is 299 g/mol. The number of carbonyl (C=O) groups excluding carboxylic acids is 2. The first kappa shape index (κ1) is 14.8. The molecule has 2 rings (SSSR count). The molecule has 7 heteroatoms. The van der Waals surface area contributed by atoms with Gasteiger partial charge in [0.2, 0.25) is 0 Å². The van der Waals surface area contributed by atoms with Gasteiger partial charge in [0.25, 0.3) is 5.91 Å². The summed E-state index contributed by atoms with van der Waals surface area (Å²) >= 11 is 6.00. The summed E-state index contributed by atoms with van der Waals surface area (Å²) in [6.45, 7) is 1.65. The van der Waals surface area contributed by atoms with Gasteiger partial charge >= 0.3 is 5.97 Å². The lowest BCUT2D eigenvalue weighted by Crippen LogP contribution is -2.45. The highest BCUT2D eigenvalue weighted by atomic mass is 35.5. The van der Waals surface area contributed by atoms with Gasteiger partial charge in [0.05, 0.1) is 30.0 Å². The number of rotatable bonds is 3. The van der Waals surface area contributed by atoms with E-state index < -0.39 is 12.1 Å². The van der Waals surface area contributed by atoms with Gasteiger partial charge in [0.1, 0.15) is 6.10 Å². The van der Waals surface area contributed by atoms with Crippen molar-refractivity contribution in [2.75, 3.05) is 32.1 Å². The molecule has 0 radical (unpaired) electrons. The summed E-state index contributed by atoms with van der Waals surface area (Å²) in [5.74, 6) is -0.797. The lowest BCUT2D eigenvalue weighted by molar-refractivity contribution is -0.128. The lowest BCUT2D eigenvalue weighted by atomic mass is 10.2. The first-order valence-electron chi connectivity index (χ1n) is 6.13. The van der Waals surface area contributed by atoms with Gasteiger partial charge in [-0.25, -0.2) is 4.79 Å². The van der Waals surface area contributed by atoms with Crippen molar-refractivity contribution in [3.05, 3.63) is 28.8 Å². The van der Waals surface area contributed by atoms with Gasteiger partial charge in [0.15, 0.2) is 0 Å². The van der Waals surface area contributed by atoms with Crippen LogP contribution in [0.4, 0.5) is 5.69 Å². The Morgan fingerprint density at radius 2 is 2.30 bits per heavy atom. The Labute approximate surface area is 121 Å². The number of nitrogens with one attached hydrogen (secondary N) is 2. The van der Waals surface area contributed by atoms with Crippen LogP contribution in [0.25, 0.3) is 0 Å². The minimum absolute atomic E-state index is 0.305. The van der Waals surface area contributed by atoms with Crippen molar-refractivity contribution in [2.24, 2.45) is 0 Å². The molecule has 0 saturated carbocycles. The number of anilines is 1. The molecule has 20 heavy (non-hydrogen) atoms. The van der Waals surface area contributed by atoms with E-state index in [1.165, 1.54) is 25.3 Å². The van der Waals surface area contributed by atoms with Crippen molar-refractivity contribution in [3.63, 3.8) is 0 Å². The van der Waals surface area contributed by atoms with E-state index in [1.54, 1.807) is 0 Å². The zero-order valence-corrected chi connectivity index (χ0v) is 11.7. The van der Waals surface area contributed by atoms with Crippen molar-refractivity contribution in [2.45, 2.75) is 6.10 Å². The highest BCUT2D eigenvalue weighted by Gasteiger charge is 2.22. The number of morpholine rings is 1. The topological polar surface area (TPSA) is 76.7 Å². The van der Waals surface area contributed by atoms with E-state index in [0.717, 1.165) is 6.54 Å². The number of methoxy groups -OCH3 is 1. The highest BCUT2D eigenvalue weighted by molar-refractivity contribution is 6.33. The third-order valence-electron chi connectivity index (χ3n) is 2.87. The quantitative estimate of drug-likeness (QED) is 0.816. The van der Waals surface area contributed by atoms with Crippen LogP contribution in [0.1, 0.15) is 10.4 Å². The highest BCUT2D eigenvalue weighted by Crippen LogP contribution is 2.23. The molecule has 1 aromatic carbocycles. The molecule has 1 aromatic rings. The van der Waals surface area contributed by atoms with E-state index >= 15 is 0 Å². The Bertz CT molecular complexity index is 515. The van der Waals surface area contributed by atoms with Crippen LogP contribution < -0.4 is 10.6 Å². The molecule has 1 unspecified atom stereocenters. The molecule has 1 fully saturated rings. The number of amides is 1. The van der Waals surface area contributed by atoms with Crippen molar-refractivity contribution < 1.29 is 19.1 Å². The molecule has 0 aromatic heterocycles. The smallest absolute Gasteiger partial charge is 0.337 e. The van der Waals surface area contributed by atoms with Crippen LogP contribution in [0, 0.1) is 0 Å².